The quantitative estimate of drug-likeness (QED) is 0.568. The van der Waals surface area contributed by atoms with E-state index in [-0.39, 0.29) is 0 Å². The highest BCUT2D eigenvalue weighted by molar-refractivity contribution is 5.27. The molecule has 0 heterocycles. The molecule has 0 unspecified atom stereocenters. The molecule has 0 saturated heterocycles. The molecular formula is C7H4F3O-. The van der Waals surface area contributed by atoms with Gasteiger partial charge in [0.15, 0.2) is 0 Å². The molecule has 0 amide bonds. The smallest absolute Gasteiger partial charge is 0.416 e. The molecule has 0 radical (unpaired) electrons. The standard InChI is InChI=1S/C7H5F3O/c8-7(9,10)5-2-1-3-6(11)4-5/h1-4,11H/p-1. The summed E-state index contributed by atoms with van der Waals surface area (Å²) < 4.78 is 35.5. The van der Waals surface area contributed by atoms with Crippen molar-refractivity contribution >= 4 is 0 Å². The summed E-state index contributed by atoms with van der Waals surface area (Å²) in [5.41, 5.74) is -0.898. The second-order valence-corrected chi connectivity index (χ2v) is 2.03. The Morgan fingerprint density at radius 1 is 1.18 bits per heavy atom. The maximum atomic E-state index is 11.8. The van der Waals surface area contributed by atoms with E-state index in [2.05, 4.69) is 0 Å². The van der Waals surface area contributed by atoms with E-state index in [1.165, 1.54) is 0 Å². The molecule has 0 N–H and O–H groups in total. The molecule has 60 valence electrons. The van der Waals surface area contributed by atoms with Gasteiger partial charge in [-0.1, -0.05) is 24.3 Å². The topological polar surface area (TPSA) is 23.1 Å². The van der Waals surface area contributed by atoms with Crippen LogP contribution in [0.15, 0.2) is 24.3 Å². The van der Waals surface area contributed by atoms with Crippen LogP contribution >= 0.6 is 0 Å². The Morgan fingerprint density at radius 3 is 2.18 bits per heavy atom. The molecular weight excluding hydrogens is 157 g/mol. The molecule has 1 nitrogen and oxygen atoms in total. The molecule has 0 atom stereocenters. The van der Waals surface area contributed by atoms with E-state index >= 15 is 0 Å². The number of alkyl halides is 3. The van der Waals surface area contributed by atoms with Crippen molar-refractivity contribution in [2.24, 2.45) is 0 Å². The van der Waals surface area contributed by atoms with Crippen LogP contribution in [0.1, 0.15) is 5.56 Å². The Labute approximate surface area is 61.1 Å². The molecule has 0 fully saturated rings. The van der Waals surface area contributed by atoms with E-state index in [4.69, 9.17) is 0 Å². The zero-order valence-electron chi connectivity index (χ0n) is 5.35. The summed E-state index contributed by atoms with van der Waals surface area (Å²) in [5, 5.41) is 10.4. The first-order valence-electron chi connectivity index (χ1n) is 2.84. The van der Waals surface area contributed by atoms with Gasteiger partial charge in [-0.15, -0.1) is 5.75 Å². The van der Waals surface area contributed by atoms with Gasteiger partial charge >= 0.3 is 6.18 Å². The van der Waals surface area contributed by atoms with Crippen LogP contribution in [0.4, 0.5) is 13.2 Å². The fourth-order valence-electron chi connectivity index (χ4n) is 0.672. The van der Waals surface area contributed by atoms with Gasteiger partial charge < -0.3 is 5.11 Å². The average Bonchev–Trinajstić information content (AvgIpc) is 1.86. The minimum Gasteiger partial charge on any atom is -0.872 e. The van der Waals surface area contributed by atoms with Crippen molar-refractivity contribution in [2.45, 2.75) is 6.18 Å². The van der Waals surface area contributed by atoms with Crippen LogP contribution < -0.4 is 5.11 Å². The van der Waals surface area contributed by atoms with Crippen molar-refractivity contribution in [1.82, 2.24) is 0 Å². The SMILES string of the molecule is [O-]c1cccc(C(F)(F)F)c1. The molecule has 0 aliphatic carbocycles. The summed E-state index contributed by atoms with van der Waals surface area (Å²) in [7, 11) is 0. The molecule has 0 bridgehead atoms. The fourth-order valence-corrected chi connectivity index (χ4v) is 0.672. The predicted octanol–water partition coefficient (Wildman–Crippen LogP) is 1.78. The van der Waals surface area contributed by atoms with Gasteiger partial charge in [0.25, 0.3) is 0 Å². The van der Waals surface area contributed by atoms with E-state index in [1.807, 2.05) is 0 Å². The summed E-state index contributed by atoms with van der Waals surface area (Å²) in [6.07, 6.45) is -4.42. The van der Waals surface area contributed by atoms with Crippen molar-refractivity contribution in [1.29, 1.82) is 0 Å². The van der Waals surface area contributed by atoms with E-state index in [1.54, 1.807) is 0 Å². The van der Waals surface area contributed by atoms with Gasteiger partial charge in [-0.3, -0.25) is 0 Å². The highest BCUT2D eigenvalue weighted by Crippen LogP contribution is 2.30. The molecule has 0 aliphatic rings. The zero-order valence-corrected chi connectivity index (χ0v) is 5.35. The highest BCUT2D eigenvalue weighted by Gasteiger charge is 2.29. The van der Waals surface area contributed by atoms with E-state index < -0.39 is 17.5 Å². The third-order valence-electron chi connectivity index (χ3n) is 1.16. The van der Waals surface area contributed by atoms with E-state index in [9.17, 15) is 18.3 Å². The molecule has 11 heavy (non-hydrogen) atoms. The van der Waals surface area contributed by atoms with Crippen LogP contribution in [0.2, 0.25) is 0 Å². The molecule has 4 heteroatoms. The second kappa shape index (κ2) is 2.45. The third kappa shape index (κ3) is 1.86. The Kier molecular flexibility index (Phi) is 1.76. The van der Waals surface area contributed by atoms with E-state index in [0.717, 1.165) is 18.2 Å². The van der Waals surface area contributed by atoms with Gasteiger partial charge in [-0.2, -0.15) is 13.2 Å². The highest BCUT2D eigenvalue weighted by atomic mass is 19.4. The first-order chi connectivity index (χ1) is 5.00. The molecule has 1 rings (SSSR count). The predicted molar refractivity (Wildman–Crippen MR) is 30.9 cm³/mol. The van der Waals surface area contributed by atoms with Crippen LogP contribution in [0.5, 0.6) is 5.75 Å². The van der Waals surface area contributed by atoms with Crippen LogP contribution in [-0.4, -0.2) is 0 Å². The Bertz CT molecular complexity index is 254. The number of benzene rings is 1. The molecule has 0 spiro atoms. The first kappa shape index (κ1) is 7.91. The van der Waals surface area contributed by atoms with Gasteiger partial charge in [0, 0.05) is 0 Å². The monoisotopic (exact) mass is 161 g/mol. The average molecular weight is 161 g/mol. The van der Waals surface area contributed by atoms with Gasteiger partial charge in [0.05, 0.1) is 5.56 Å². The van der Waals surface area contributed by atoms with Gasteiger partial charge in [-0.05, 0) is 0 Å². The maximum Gasteiger partial charge on any atom is 0.416 e. The number of halogens is 3. The van der Waals surface area contributed by atoms with Gasteiger partial charge in [0.1, 0.15) is 0 Å². The van der Waals surface area contributed by atoms with Crippen molar-refractivity contribution in [3.8, 4) is 5.75 Å². The molecule has 0 aromatic heterocycles. The first-order valence-corrected chi connectivity index (χ1v) is 2.84. The van der Waals surface area contributed by atoms with Gasteiger partial charge in [0.2, 0.25) is 0 Å². The lowest BCUT2D eigenvalue weighted by atomic mass is 10.2. The lowest BCUT2D eigenvalue weighted by molar-refractivity contribution is -0.268. The fraction of sp³-hybridized carbons (Fsp3) is 0.143. The van der Waals surface area contributed by atoms with Crippen LogP contribution in [-0.2, 0) is 6.18 Å². The Hall–Kier alpha value is -1.19. The largest absolute Gasteiger partial charge is 0.872 e. The molecule has 1 aromatic carbocycles. The number of hydrogen-bond acceptors (Lipinski definition) is 1. The summed E-state index contributed by atoms with van der Waals surface area (Å²) in [6, 6.07) is 3.60. The van der Waals surface area contributed by atoms with Crippen molar-refractivity contribution < 1.29 is 18.3 Å². The van der Waals surface area contributed by atoms with Crippen LogP contribution in [0, 0.1) is 0 Å². The lowest BCUT2D eigenvalue weighted by Crippen LogP contribution is -2.05. The Morgan fingerprint density at radius 2 is 1.82 bits per heavy atom. The minimum absolute atomic E-state index is 0.569. The number of rotatable bonds is 0. The zero-order chi connectivity index (χ0) is 8.48. The molecule has 0 saturated carbocycles. The number of hydrogen-bond donors (Lipinski definition) is 0. The van der Waals surface area contributed by atoms with Crippen molar-refractivity contribution in [3.63, 3.8) is 0 Å². The summed E-state index contributed by atoms with van der Waals surface area (Å²) >= 11 is 0. The summed E-state index contributed by atoms with van der Waals surface area (Å²) in [5.74, 6) is -0.625. The van der Waals surface area contributed by atoms with Crippen molar-refractivity contribution in [2.75, 3.05) is 0 Å². The Balaban J connectivity index is 3.06. The van der Waals surface area contributed by atoms with Gasteiger partial charge in [-0.25, -0.2) is 0 Å². The minimum atomic E-state index is -4.42. The molecule has 1 aromatic rings. The van der Waals surface area contributed by atoms with E-state index in [0.29, 0.717) is 6.07 Å². The van der Waals surface area contributed by atoms with Crippen molar-refractivity contribution in [3.05, 3.63) is 29.8 Å². The lowest BCUT2D eigenvalue weighted by Gasteiger charge is -2.09. The summed E-state index contributed by atoms with van der Waals surface area (Å²) in [6.45, 7) is 0. The third-order valence-corrected chi connectivity index (χ3v) is 1.16. The maximum absolute atomic E-state index is 11.8. The second-order valence-electron chi connectivity index (χ2n) is 2.03. The normalized spacial score (nSPS) is 11.5. The van der Waals surface area contributed by atoms with Crippen LogP contribution in [0.25, 0.3) is 0 Å². The summed E-state index contributed by atoms with van der Waals surface area (Å²) in [4.78, 5) is 0. The molecule has 0 aliphatic heterocycles. The van der Waals surface area contributed by atoms with Crippen LogP contribution in [0.3, 0.4) is 0 Å².